The van der Waals surface area contributed by atoms with Crippen LogP contribution in [0.3, 0.4) is 0 Å². The first-order chi connectivity index (χ1) is 17.1. The highest BCUT2D eigenvalue weighted by Crippen LogP contribution is 2.39. The van der Waals surface area contributed by atoms with E-state index in [1.54, 1.807) is 36.3 Å². The number of carbonyl (C=O) groups is 3. The SMILES string of the molecule is COc1ccc(C2C(C(=O)c3cc4ccccc4o3)C(=O)C(=O)N2CCCN2CCOCC2)cc1. The van der Waals surface area contributed by atoms with E-state index >= 15 is 0 Å². The minimum atomic E-state index is -1.17. The Hall–Kier alpha value is -3.49. The molecule has 5 rings (SSSR count). The van der Waals surface area contributed by atoms with Crippen LogP contribution >= 0.6 is 0 Å². The lowest BCUT2D eigenvalue weighted by Crippen LogP contribution is -2.39. The molecule has 8 nitrogen and oxygen atoms in total. The highest BCUT2D eigenvalue weighted by molar-refractivity contribution is 6.43. The number of benzene rings is 2. The molecule has 2 aromatic carbocycles. The van der Waals surface area contributed by atoms with Gasteiger partial charge in [0.15, 0.2) is 5.76 Å². The van der Waals surface area contributed by atoms with E-state index in [0.717, 1.165) is 25.0 Å². The third kappa shape index (κ3) is 4.59. The van der Waals surface area contributed by atoms with Crippen molar-refractivity contribution in [1.29, 1.82) is 0 Å². The van der Waals surface area contributed by atoms with Gasteiger partial charge in [-0.1, -0.05) is 30.3 Å². The molecular formula is C27H28N2O6. The lowest BCUT2D eigenvalue weighted by atomic mass is 9.88. The Morgan fingerprint density at radius 1 is 1.03 bits per heavy atom. The molecule has 2 aliphatic heterocycles. The van der Waals surface area contributed by atoms with Crippen molar-refractivity contribution in [2.75, 3.05) is 46.5 Å². The number of methoxy groups -OCH3 is 1. The molecule has 2 atom stereocenters. The molecule has 2 fully saturated rings. The van der Waals surface area contributed by atoms with Gasteiger partial charge in [-0.3, -0.25) is 19.3 Å². The minimum Gasteiger partial charge on any atom is -0.497 e. The first-order valence-corrected chi connectivity index (χ1v) is 11.9. The van der Waals surface area contributed by atoms with Gasteiger partial charge in [0.2, 0.25) is 11.6 Å². The number of nitrogens with zero attached hydrogens (tertiary/aromatic N) is 2. The van der Waals surface area contributed by atoms with Crippen LogP contribution < -0.4 is 4.74 Å². The molecule has 3 heterocycles. The molecule has 0 radical (unpaired) electrons. The number of morpholine rings is 1. The zero-order valence-electron chi connectivity index (χ0n) is 19.6. The Morgan fingerprint density at radius 3 is 2.49 bits per heavy atom. The van der Waals surface area contributed by atoms with E-state index in [-0.39, 0.29) is 5.76 Å². The molecule has 0 aliphatic carbocycles. The number of amides is 1. The fraction of sp³-hybridized carbons (Fsp3) is 0.370. The maximum atomic E-state index is 13.6. The highest BCUT2D eigenvalue weighted by Gasteiger charge is 2.52. The number of hydrogen-bond acceptors (Lipinski definition) is 7. The predicted octanol–water partition coefficient (Wildman–Crippen LogP) is 3.12. The molecule has 2 aliphatic rings. The van der Waals surface area contributed by atoms with E-state index in [4.69, 9.17) is 13.9 Å². The van der Waals surface area contributed by atoms with Crippen molar-refractivity contribution in [1.82, 2.24) is 9.80 Å². The average molecular weight is 477 g/mol. The van der Waals surface area contributed by atoms with Crippen LogP contribution in [-0.2, 0) is 14.3 Å². The van der Waals surface area contributed by atoms with Crippen LogP contribution in [0, 0.1) is 5.92 Å². The molecule has 182 valence electrons. The molecule has 35 heavy (non-hydrogen) atoms. The summed E-state index contributed by atoms with van der Waals surface area (Å²) in [6.45, 7) is 4.26. The largest absolute Gasteiger partial charge is 0.497 e. The van der Waals surface area contributed by atoms with E-state index < -0.39 is 29.4 Å². The van der Waals surface area contributed by atoms with Gasteiger partial charge < -0.3 is 18.8 Å². The van der Waals surface area contributed by atoms with Gasteiger partial charge in [-0.15, -0.1) is 0 Å². The second kappa shape index (κ2) is 10.0. The average Bonchev–Trinajstić information content (AvgIpc) is 3.44. The number of ketones is 2. The Morgan fingerprint density at radius 2 is 1.77 bits per heavy atom. The topological polar surface area (TPSA) is 89.3 Å². The van der Waals surface area contributed by atoms with Gasteiger partial charge in [0, 0.05) is 31.6 Å². The number of furan rings is 1. The van der Waals surface area contributed by atoms with Crippen LogP contribution in [0.4, 0.5) is 0 Å². The maximum Gasteiger partial charge on any atom is 0.291 e. The van der Waals surface area contributed by atoms with Crippen LogP contribution in [0.2, 0.25) is 0 Å². The third-order valence-electron chi connectivity index (χ3n) is 6.79. The summed E-state index contributed by atoms with van der Waals surface area (Å²) in [5, 5.41) is 0.774. The van der Waals surface area contributed by atoms with E-state index in [2.05, 4.69) is 4.90 Å². The van der Waals surface area contributed by atoms with E-state index in [0.29, 0.717) is 43.1 Å². The van der Waals surface area contributed by atoms with Crippen LogP contribution in [0.1, 0.15) is 28.6 Å². The van der Waals surface area contributed by atoms with Crippen LogP contribution in [0.15, 0.2) is 59.0 Å². The molecule has 0 saturated carbocycles. The molecule has 8 heteroatoms. The Bertz CT molecular complexity index is 1190. The summed E-state index contributed by atoms with van der Waals surface area (Å²) in [7, 11) is 1.57. The van der Waals surface area contributed by atoms with Crippen molar-refractivity contribution in [2.45, 2.75) is 12.5 Å². The van der Waals surface area contributed by atoms with Crippen LogP contribution in [-0.4, -0.2) is 73.8 Å². The Kier molecular flexibility index (Phi) is 6.66. The number of likely N-dealkylation sites (tertiary alicyclic amines) is 1. The molecule has 1 amide bonds. The van der Waals surface area contributed by atoms with Gasteiger partial charge in [0.05, 0.1) is 26.4 Å². The van der Waals surface area contributed by atoms with Crippen LogP contribution in [0.25, 0.3) is 11.0 Å². The highest BCUT2D eigenvalue weighted by atomic mass is 16.5. The zero-order valence-corrected chi connectivity index (χ0v) is 19.6. The van der Waals surface area contributed by atoms with E-state index in [1.165, 1.54) is 0 Å². The van der Waals surface area contributed by atoms with Gasteiger partial charge in [-0.25, -0.2) is 0 Å². The Labute approximate surface area is 203 Å². The summed E-state index contributed by atoms with van der Waals surface area (Å²) >= 11 is 0. The van der Waals surface area contributed by atoms with Gasteiger partial charge in [0.25, 0.3) is 5.91 Å². The zero-order chi connectivity index (χ0) is 24.4. The van der Waals surface area contributed by atoms with Gasteiger partial charge in [-0.05, 0) is 36.2 Å². The summed E-state index contributed by atoms with van der Waals surface area (Å²) < 4.78 is 16.4. The number of para-hydroxylation sites is 1. The Balaban J connectivity index is 1.44. The lowest BCUT2D eigenvalue weighted by molar-refractivity contribution is -0.140. The van der Waals surface area contributed by atoms with Gasteiger partial charge in [-0.2, -0.15) is 0 Å². The smallest absolute Gasteiger partial charge is 0.291 e. The number of Topliss-reactive ketones (excluding diaryl/α,β-unsaturated/α-hetero) is 2. The fourth-order valence-electron chi connectivity index (χ4n) is 4.95. The first-order valence-electron chi connectivity index (χ1n) is 11.9. The monoisotopic (exact) mass is 476 g/mol. The number of carbonyl (C=O) groups excluding carboxylic acids is 3. The van der Waals surface area contributed by atoms with Crippen molar-refractivity contribution in [3.8, 4) is 5.75 Å². The number of fused-ring (bicyclic) bond motifs is 1. The molecule has 3 aromatic rings. The quantitative estimate of drug-likeness (QED) is 0.280. The molecule has 1 aromatic heterocycles. The number of hydrogen-bond donors (Lipinski definition) is 0. The lowest BCUT2D eigenvalue weighted by Gasteiger charge is -2.30. The summed E-state index contributed by atoms with van der Waals surface area (Å²) in [6.07, 6.45) is 0.692. The predicted molar refractivity (Wildman–Crippen MR) is 128 cm³/mol. The molecule has 0 spiro atoms. The minimum absolute atomic E-state index is 0.0889. The molecule has 0 bridgehead atoms. The molecular weight excluding hydrogens is 448 g/mol. The molecule has 2 saturated heterocycles. The van der Waals surface area contributed by atoms with Gasteiger partial charge in [0.1, 0.15) is 17.3 Å². The summed E-state index contributed by atoms with van der Waals surface area (Å²) in [6, 6.07) is 15.4. The van der Waals surface area contributed by atoms with E-state index in [9.17, 15) is 14.4 Å². The van der Waals surface area contributed by atoms with Crippen molar-refractivity contribution in [2.24, 2.45) is 5.92 Å². The molecule has 0 N–H and O–H groups in total. The summed E-state index contributed by atoms with van der Waals surface area (Å²) in [5.74, 6) is -2.21. The summed E-state index contributed by atoms with van der Waals surface area (Å²) in [5.41, 5.74) is 1.28. The number of rotatable bonds is 8. The number of ether oxygens (including phenoxy) is 2. The summed E-state index contributed by atoms with van der Waals surface area (Å²) in [4.78, 5) is 43.8. The third-order valence-corrected chi connectivity index (χ3v) is 6.79. The van der Waals surface area contributed by atoms with Crippen molar-refractivity contribution in [3.05, 3.63) is 65.9 Å². The fourth-order valence-corrected chi connectivity index (χ4v) is 4.95. The van der Waals surface area contributed by atoms with Crippen molar-refractivity contribution >= 4 is 28.4 Å². The van der Waals surface area contributed by atoms with Crippen molar-refractivity contribution in [3.63, 3.8) is 0 Å². The maximum absolute atomic E-state index is 13.6. The molecule has 2 unspecified atom stereocenters. The first kappa shape index (κ1) is 23.3. The second-order valence-electron chi connectivity index (χ2n) is 8.88. The normalized spacial score (nSPS) is 21.1. The standard InChI is InChI=1S/C27H28N2O6/c1-33-20-9-7-18(8-10-20)24-23(25(30)22-17-19-5-2-3-6-21(19)35-22)26(31)27(32)29(24)12-4-11-28-13-15-34-16-14-28/h2-3,5-10,17,23-24H,4,11-16H2,1H3. The van der Waals surface area contributed by atoms with Crippen LogP contribution in [0.5, 0.6) is 5.75 Å². The van der Waals surface area contributed by atoms with E-state index in [1.807, 2.05) is 30.3 Å². The second-order valence-corrected chi connectivity index (χ2v) is 8.88. The van der Waals surface area contributed by atoms with Crippen molar-refractivity contribution < 1.29 is 28.3 Å². The van der Waals surface area contributed by atoms with Gasteiger partial charge >= 0.3 is 0 Å².